The van der Waals surface area contributed by atoms with E-state index in [9.17, 15) is 14.7 Å². The zero-order valence-electron chi connectivity index (χ0n) is 13.7. The zero-order valence-corrected chi connectivity index (χ0v) is 13.7. The number of esters is 2. The van der Waals surface area contributed by atoms with Crippen LogP contribution in [-0.4, -0.2) is 48.3 Å². The summed E-state index contributed by atoms with van der Waals surface area (Å²) in [5.74, 6) is -0.983. The van der Waals surface area contributed by atoms with Gasteiger partial charge in [0.05, 0.1) is 6.61 Å². The maximum absolute atomic E-state index is 11.4. The van der Waals surface area contributed by atoms with Crippen LogP contribution < -0.4 is 0 Å². The summed E-state index contributed by atoms with van der Waals surface area (Å²) < 4.78 is 21.4. The molecule has 24 heavy (non-hydrogen) atoms. The fourth-order valence-corrected chi connectivity index (χ4v) is 2.52. The smallest absolute Gasteiger partial charge is 0.303 e. The van der Waals surface area contributed by atoms with Crippen LogP contribution >= 0.6 is 0 Å². The lowest BCUT2D eigenvalue weighted by Gasteiger charge is -2.38. The van der Waals surface area contributed by atoms with Gasteiger partial charge in [-0.3, -0.25) is 9.59 Å². The van der Waals surface area contributed by atoms with Gasteiger partial charge in [0.15, 0.2) is 12.4 Å². The Hall–Kier alpha value is -1.96. The molecule has 132 valence electrons. The monoisotopic (exact) mass is 338 g/mol. The van der Waals surface area contributed by atoms with E-state index in [-0.39, 0.29) is 13.0 Å². The Morgan fingerprint density at radius 1 is 1.21 bits per heavy atom. The van der Waals surface area contributed by atoms with Crippen LogP contribution in [0.4, 0.5) is 0 Å². The predicted molar refractivity (Wildman–Crippen MR) is 82.7 cm³/mol. The van der Waals surface area contributed by atoms with Crippen LogP contribution in [0.1, 0.15) is 25.8 Å². The largest absolute Gasteiger partial charge is 0.463 e. The van der Waals surface area contributed by atoms with Crippen LogP contribution in [0.5, 0.6) is 0 Å². The second-order valence-corrected chi connectivity index (χ2v) is 5.58. The van der Waals surface area contributed by atoms with Crippen molar-refractivity contribution < 1.29 is 33.6 Å². The van der Waals surface area contributed by atoms with Gasteiger partial charge in [-0.1, -0.05) is 30.3 Å². The molecular formula is C17H22O7. The topological polar surface area (TPSA) is 91.3 Å². The predicted octanol–water partition coefficient (Wildman–Crippen LogP) is 1.17. The minimum Gasteiger partial charge on any atom is -0.463 e. The highest BCUT2D eigenvalue weighted by atomic mass is 16.7. The van der Waals surface area contributed by atoms with Gasteiger partial charge in [0.25, 0.3) is 0 Å². The Labute approximate surface area is 140 Å². The third-order valence-corrected chi connectivity index (χ3v) is 3.56. The van der Waals surface area contributed by atoms with Crippen LogP contribution in [0.2, 0.25) is 0 Å². The highest BCUT2D eigenvalue weighted by Crippen LogP contribution is 2.26. The molecule has 0 saturated carbocycles. The first-order valence-electron chi connectivity index (χ1n) is 7.75. The molecule has 1 aliphatic heterocycles. The molecule has 1 heterocycles. The highest BCUT2D eigenvalue weighted by Gasteiger charge is 2.41. The lowest BCUT2D eigenvalue weighted by atomic mass is 10.0. The fraction of sp³-hybridized carbons (Fsp3) is 0.529. The molecule has 0 aliphatic carbocycles. The summed E-state index contributed by atoms with van der Waals surface area (Å²) in [5, 5.41) is 9.88. The average molecular weight is 338 g/mol. The van der Waals surface area contributed by atoms with Crippen LogP contribution in [0, 0.1) is 0 Å². The van der Waals surface area contributed by atoms with Crippen molar-refractivity contribution in [3.05, 3.63) is 35.9 Å². The van der Waals surface area contributed by atoms with Crippen molar-refractivity contribution in [2.45, 2.75) is 51.5 Å². The Morgan fingerprint density at radius 3 is 2.54 bits per heavy atom. The second-order valence-electron chi connectivity index (χ2n) is 5.58. The minimum atomic E-state index is -1.09. The van der Waals surface area contributed by atoms with Gasteiger partial charge < -0.3 is 24.1 Å². The van der Waals surface area contributed by atoms with Crippen LogP contribution in [0.3, 0.4) is 0 Å². The van der Waals surface area contributed by atoms with Crippen molar-refractivity contribution >= 4 is 11.9 Å². The SMILES string of the molecule is CC(=O)OC[C@H]1OC(O)C[C@H](OCc2ccccc2)[C@H]1OC(C)=O. The molecule has 4 atom stereocenters. The van der Waals surface area contributed by atoms with E-state index in [0.29, 0.717) is 6.61 Å². The van der Waals surface area contributed by atoms with E-state index in [1.165, 1.54) is 13.8 Å². The van der Waals surface area contributed by atoms with E-state index in [2.05, 4.69) is 0 Å². The number of hydrogen-bond acceptors (Lipinski definition) is 7. The van der Waals surface area contributed by atoms with Gasteiger partial charge in [-0.25, -0.2) is 0 Å². The number of aliphatic hydroxyl groups is 1. The van der Waals surface area contributed by atoms with E-state index in [4.69, 9.17) is 18.9 Å². The summed E-state index contributed by atoms with van der Waals surface area (Å²) in [7, 11) is 0. The van der Waals surface area contributed by atoms with Crippen molar-refractivity contribution in [2.24, 2.45) is 0 Å². The maximum Gasteiger partial charge on any atom is 0.303 e. The summed E-state index contributed by atoms with van der Waals surface area (Å²) in [5.41, 5.74) is 0.955. The molecule has 7 nitrogen and oxygen atoms in total. The molecule has 1 N–H and O–H groups in total. The van der Waals surface area contributed by atoms with Gasteiger partial charge in [-0.15, -0.1) is 0 Å². The standard InChI is InChI=1S/C17H22O7/c1-11(18)21-10-15-17(23-12(2)19)14(8-16(20)24-15)22-9-13-6-4-3-5-7-13/h3-7,14-17,20H,8-10H2,1-2H3/t14-,15+,16?,17+/m0/s1. The normalized spacial score (nSPS) is 26.6. The molecule has 1 fully saturated rings. The Kier molecular flexibility index (Phi) is 6.72. The average Bonchev–Trinajstić information content (AvgIpc) is 2.53. The van der Waals surface area contributed by atoms with Gasteiger partial charge in [0.1, 0.15) is 18.8 Å². The first-order valence-corrected chi connectivity index (χ1v) is 7.75. The molecule has 1 unspecified atom stereocenters. The molecule has 1 aromatic rings. The molecule has 2 rings (SSSR count). The molecule has 0 amide bonds. The van der Waals surface area contributed by atoms with Gasteiger partial charge in [-0.05, 0) is 5.56 Å². The molecule has 1 saturated heterocycles. The number of ether oxygens (including phenoxy) is 4. The van der Waals surface area contributed by atoms with Crippen LogP contribution in [0.25, 0.3) is 0 Å². The van der Waals surface area contributed by atoms with Crippen molar-refractivity contribution in [1.29, 1.82) is 0 Å². The second kappa shape index (κ2) is 8.77. The first kappa shape index (κ1) is 18.4. The third-order valence-electron chi connectivity index (χ3n) is 3.56. The quantitative estimate of drug-likeness (QED) is 0.779. The minimum absolute atomic E-state index is 0.129. The Bertz CT molecular complexity index is 545. The van der Waals surface area contributed by atoms with Crippen molar-refractivity contribution in [2.75, 3.05) is 6.61 Å². The summed E-state index contributed by atoms with van der Waals surface area (Å²) >= 11 is 0. The molecular weight excluding hydrogens is 316 g/mol. The molecule has 1 aromatic carbocycles. The van der Waals surface area contributed by atoms with Gasteiger partial charge >= 0.3 is 11.9 Å². The van der Waals surface area contributed by atoms with Crippen molar-refractivity contribution in [3.63, 3.8) is 0 Å². The highest BCUT2D eigenvalue weighted by molar-refractivity contribution is 5.66. The molecule has 0 bridgehead atoms. The van der Waals surface area contributed by atoms with E-state index < -0.39 is 36.5 Å². The summed E-state index contributed by atoms with van der Waals surface area (Å²) in [6.07, 6.45) is -3.06. The molecule has 0 aromatic heterocycles. The maximum atomic E-state index is 11.4. The van der Waals surface area contributed by atoms with Crippen molar-refractivity contribution in [1.82, 2.24) is 0 Å². The van der Waals surface area contributed by atoms with Gasteiger partial charge in [-0.2, -0.15) is 0 Å². The molecule has 1 aliphatic rings. The number of rotatable bonds is 6. The lowest BCUT2D eigenvalue weighted by Crippen LogP contribution is -2.53. The number of aliphatic hydroxyl groups excluding tert-OH is 1. The summed E-state index contributed by atoms with van der Waals surface area (Å²) in [4.78, 5) is 22.4. The van der Waals surface area contributed by atoms with E-state index in [0.717, 1.165) is 5.56 Å². The summed E-state index contributed by atoms with van der Waals surface area (Å²) in [6, 6.07) is 9.51. The Balaban J connectivity index is 2.05. The zero-order chi connectivity index (χ0) is 17.5. The lowest BCUT2D eigenvalue weighted by molar-refractivity contribution is -0.257. The summed E-state index contributed by atoms with van der Waals surface area (Å²) in [6.45, 7) is 2.72. The number of benzene rings is 1. The van der Waals surface area contributed by atoms with Gasteiger partial charge in [0.2, 0.25) is 0 Å². The number of carbonyl (C=O) groups is 2. The molecule has 0 radical (unpaired) electrons. The van der Waals surface area contributed by atoms with Crippen LogP contribution in [-0.2, 0) is 35.1 Å². The Morgan fingerprint density at radius 2 is 1.92 bits per heavy atom. The van der Waals surface area contributed by atoms with Crippen molar-refractivity contribution in [3.8, 4) is 0 Å². The number of carbonyl (C=O) groups excluding carboxylic acids is 2. The van der Waals surface area contributed by atoms with E-state index >= 15 is 0 Å². The fourth-order valence-electron chi connectivity index (χ4n) is 2.52. The first-order chi connectivity index (χ1) is 11.5. The number of hydrogen-bond donors (Lipinski definition) is 1. The molecule has 7 heteroatoms. The third kappa shape index (κ3) is 5.59. The van der Waals surface area contributed by atoms with E-state index in [1.54, 1.807) is 0 Å². The van der Waals surface area contributed by atoms with Crippen LogP contribution in [0.15, 0.2) is 30.3 Å². The molecule has 0 spiro atoms. The van der Waals surface area contributed by atoms with Gasteiger partial charge in [0, 0.05) is 20.3 Å². The van der Waals surface area contributed by atoms with E-state index in [1.807, 2.05) is 30.3 Å².